The fraction of sp³-hybridized carbons (Fsp3) is 0.368. The van der Waals surface area contributed by atoms with E-state index < -0.39 is 6.10 Å². The summed E-state index contributed by atoms with van der Waals surface area (Å²) in [6.07, 6.45) is 3.41. The van der Waals surface area contributed by atoms with E-state index in [9.17, 15) is 5.11 Å². The molecule has 1 fully saturated rings. The third-order valence-electron chi connectivity index (χ3n) is 4.36. The van der Waals surface area contributed by atoms with E-state index >= 15 is 0 Å². The molecule has 0 heterocycles. The van der Waals surface area contributed by atoms with E-state index in [2.05, 4.69) is 50.2 Å². The first kappa shape index (κ1) is 13.4. The Kier molecular flexibility index (Phi) is 3.62. The first-order valence-electron chi connectivity index (χ1n) is 7.49. The molecule has 1 N–H and O–H groups in total. The van der Waals surface area contributed by atoms with Crippen molar-refractivity contribution in [2.75, 3.05) is 0 Å². The van der Waals surface area contributed by atoms with Gasteiger partial charge in [0.05, 0.1) is 0 Å². The molecular weight excluding hydrogens is 244 g/mol. The van der Waals surface area contributed by atoms with Crippen LogP contribution in [0.3, 0.4) is 0 Å². The molecule has 1 aliphatic carbocycles. The predicted octanol–water partition coefficient (Wildman–Crippen LogP) is 4.65. The van der Waals surface area contributed by atoms with Gasteiger partial charge in [-0.15, -0.1) is 0 Å². The van der Waals surface area contributed by atoms with E-state index in [0.717, 1.165) is 11.1 Å². The highest BCUT2D eigenvalue weighted by Crippen LogP contribution is 2.37. The standard InChI is InChI=1S/C19H22O/c1-13-9-14(2)11-18(10-13)19(20)17-8-4-7-16(12-17)15-5-3-6-15/h4,7-12,15,19-20H,3,5-6H2,1-2H3. The van der Waals surface area contributed by atoms with Gasteiger partial charge in [-0.25, -0.2) is 0 Å². The molecule has 20 heavy (non-hydrogen) atoms. The smallest absolute Gasteiger partial charge is 0.104 e. The van der Waals surface area contributed by atoms with Gasteiger partial charge >= 0.3 is 0 Å². The van der Waals surface area contributed by atoms with E-state index in [1.165, 1.54) is 36.0 Å². The summed E-state index contributed by atoms with van der Waals surface area (Å²) in [5.41, 5.74) is 5.80. The highest BCUT2D eigenvalue weighted by atomic mass is 16.3. The van der Waals surface area contributed by atoms with Crippen molar-refractivity contribution in [3.05, 3.63) is 70.3 Å². The van der Waals surface area contributed by atoms with Crippen molar-refractivity contribution in [2.45, 2.75) is 45.1 Å². The fourth-order valence-electron chi connectivity index (χ4n) is 3.08. The lowest BCUT2D eigenvalue weighted by Crippen LogP contribution is -2.09. The Morgan fingerprint density at radius 1 is 0.950 bits per heavy atom. The van der Waals surface area contributed by atoms with Crippen molar-refractivity contribution < 1.29 is 5.11 Å². The van der Waals surface area contributed by atoms with Crippen LogP contribution in [0, 0.1) is 13.8 Å². The van der Waals surface area contributed by atoms with Gasteiger partial charge in [0.25, 0.3) is 0 Å². The Balaban J connectivity index is 1.91. The van der Waals surface area contributed by atoms with Gasteiger partial charge in [-0.3, -0.25) is 0 Å². The van der Waals surface area contributed by atoms with Gasteiger partial charge in [-0.2, -0.15) is 0 Å². The molecule has 1 unspecified atom stereocenters. The monoisotopic (exact) mass is 266 g/mol. The molecule has 3 rings (SSSR count). The molecule has 1 atom stereocenters. The zero-order valence-corrected chi connectivity index (χ0v) is 12.3. The van der Waals surface area contributed by atoms with Crippen LogP contribution in [0.15, 0.2) is 42.5 Å². The Bertz CT molecular complexity index is 591. The number of aliphatic hydroxyl groups excluding tert-OH is 1. The zero-order chi connectivity index (χ0) is 14.1. The van der Waals surface area contributed by atoms with Gasteiger partial charge in [0.2, 0.25) is 0 Å². The molecule has 2 aromatic rings. The summed E-state index contributed by atoms with van der Waals surface area (Å²) in [4.78, 5) is 0. The van der Waals surface area contributed by atoms with Crippen LogP contribution in [0.5, 0.6) is 0 Å². The maximum absolute atomic E-state index is 10.6. The number of aliphatic hydroxyl groups is 1. The Morgan fingerprint density at radius 2 is 1.65 bits per heavy atom. The molecule has 0 aliphatic heterocycles. The second kappa shape index (κ2) is 5.41. The van der Waals surface area contributed by atoms with Gasteiger partial charge in [-0.05, 0) is 49.3 Å². The third kappa shape index (κ3) is 2.64. The zero-order valence-electron chi connectivity index (χ0n) is 12.3. The minimum absolute atomic E-state index is 0.520. The van der Waals surface area contributed by atoms with E-state index in [1.54, 1.807) is 0 Å². The molecule has 1 saturated carbocycles. The normalized spacial score (nSPS) is 16.8. The molecule has 0 spiro atoms. The molecule has 0 amide bonds. The first-order chi connectivity index (χ1) is 9.63. The van der Waals surface area contributed by atoms with Gasteiger partial charge in [0.1, 0.15) is 6.10 Å². The molecule has 0 bridgehead atoms. The van der Waals surface area contributed by atoms with Crippen LogP contribution in [0.1, 0.15) is 59.1 Å². The molecule has 1 nitrogen and oxygen atoms in total. The maximum atomic E-state index is 10.6. The highest BCUT2D eigenvalue weighted by molar-refractivity contribution is 5.37. The lowest BCUT2D eigenvalue weighted by molar-refractivity contribution is 0.220. The van der Waals surface area contributed by atoms with E-state index in [4.69, 9.17) is 0 Å². The summed E-state index contributed by atoms with van der Waals surface area (Å²) in [7, 11) is 0. The molecule has 0 saturated heterocycles. The minimum Gasteiger partial charge on any atom is -0.384 e. The number of hydrogen-bond acceptors (Lipinski definition) is 1. The summed E-state index contributed by atoms with van der Waals surface area (Å²) in [5.74, 6) is 0.710. The van der Waals surface area contributed by atoms with Gasteiger partial charge in [0, 0.05) is 0 Å². The molecular formula is C19H22O. The summed E-state index contributed by atoms with van der Waals surface area (Å²) in [6.45, 7) is 4.15. The van der Waals surface area contributed by atoms with Crippen molar-refractivity contribution in [1.82, 2.24) is 0 Å². The van der Waals surface area contributed by atoms with Crippen LogP contribution in [0.4, 0.5) is 0 Å². The topological polar surface area (TPSA) is 20.2 Å². The summed E-state index contributed by atoms with van der Waals surface area (Å²) < 4.78 is 0. The Labute approximate surface area is 121 Å². The molecule has 0 aromatic heterocycles. The average molecular weight is 266 g/mol. The van der Waals surface area contributed by atoms with Gasteiger partial charge < -0.3 is 5.11 Å². The van der Waals surface area contributed by atoms with Crippen LogP contribution in [-0.4, -0.2) is 5.11 Å². The largest absolute Gasteiger partial charge is 0.384 e. The fourth-order valence-corrected chi connectivity index (χ4v) is 3.08. The lowest BCUT2D eigenvalue weighted by atomic mass is 9.79. The maximum Gasteiger partial charge on any atom is 0.104 e. The number of aryl methyl sites for hydroxylation is 2. The van der Waals surface area contributed by atoms with Crippen molar-refractivity contribution in [3.8, 4) is 0 Å². The number of benzene rings is 2. The molecule has 0 radical (unpaired) electrons. The van der Waals surface area contributed by atoms with Crippen LogP contribution >= 0.6 is 0 Å². The van der Waals surface area contributed by atoms with E-state index in [0.29, 0.717) is 5.92 Å². The molecule has 104 valence electrons. The SMILES string of the molecule is Cc1cc(C)cc(C(O)c2cccc(C3CCC3)c2)c1. The quantitative estimate of drug-likeness (QED) is 0.857. The predicted molar refractivity (Wildman–Crippen MR) is 83.0 cm³/mol. The van der Waals surface area contributed by atoms with Crippen molar-refractivity contribution in [1.29, 1.82) is 0 Å². The molecule has 2 aromatic carbocycles. The van der Waals surface area contributed by atoms with Crippen LogP contribution in [0.25, 0.3) is 0 Å². The second-order valence-electron chi connectivity index (χ2n) is 6.12. The van der Waals surface area contributed by atoms with Crippen LogP contribution in [-0.2, 0) is 0 Å². The Morgan fingerprint density at radius 3 is 2.25 bits per heavy atom. The summed E-state index contributed by atoms with van der Waals surface area (Å²) in [5, 5.41) is 10.6. The molecule has 1 heteroatoms. The van der Waals surface area contributed by atoms with Crippen LogP contribution in [0.2, 0.25) is 0 Å². The van der Waals surface area contributed by atoms with Gasteiger partial charge in [-0.1, -0.05) is 60.0 Å². The van der Waals surface area contributed by atoms with Crippen molar-refractivity contribution in [2.24, 2.45) is 0 Å². The minimum atomic E-state index is -0.520. The number of hydrogen-bond donors (Lipinski definition) is 1. The summed E-state index contributed by atoms with van der Waals surface area (Å²) >= 11 is 0. The third-order valence-corrected chi connectivity index (χ3v) is 4.36. The van der Waals surface area contributed by atoms with Crippen molar-refractivity contribution >= 4 is 0 Å². The van der Waals surface area contributed by atoms with Gasteiger partial charge in [0.15, 0.2) is 0 Å². The van der Waals surface area contributed by atoms with E-state index in [1.807, 2.05) is 6.07 Å². The number of rotatable bonds is 3. The average Bonchev–Trinajstić information content (AvgIpc) is 2.35. The summed E-state index contributed by atoms with van der Waals surface area (Å²) in [6, 6.07) is 14.8. The Hall–Kier alpha value is -1.60. The van der Waals surface area contributed by atoms with Crippen LogP contribution < -0.4 is 0 Å². The van der Waals surface area contributed by atoms with E-state index in [-0.39, 0.29) is 0 Å². The first-order valence-corrected chi connectivity index (χ1v) is 7.49. The lowest BCUT2D eigenvalue weighted by Gasteiger charge is -2.26. The second-order valence-corrected chi connectivity index (χ2v) is 6.12. The molecule has 1 aliphatic rings. The van der Waals surface area contributed by atoms with Crippen molar-refractivity contribution in [3.63, 3.8) is 0 Å². The highest BCUT2D eigenvalue weighted by Gasteiger charge is 2.20.